The molecule has 2 aromatic rings. The van der Waals surface area contributed by atoms with Gasteiger partial charge in [0.15, 0.2) is 0 Å². The number of nitriles is 1. The quantitative estimate of drug-likeness (QED) is 0.944. The van der Waals surface area contributed by atoms with Crippen LogP contribution in [-0.4, -0.2) is 4.98 Å². The molecule has 16 heavy (non-hydrogen) atoms. The van der Waals surface area contributed by atoms with E-state index in [0.29, 0.717) is 5.69 Å². The van der Waals surface area contributed by atoms with E-state index in [-0.39, 0.29) is 0 Å². The summed E-state index contributed by atoms with van der Waals surface area (Å²) in [7, 11) is 0. The molecular weight excluding hydrogens is 286 g/mol. The fourth-order valence-electron chi connectivity index (χ4n) is 1.24. The van der Waals surface area contributed by atoms with Gasteiger partial charge in [-0.05, 0) is 40.2 Å². The summed E-state index contributed by atoms with van der Waals surface area (Å²) in [6, 6.07) is 9.69. The lowest BCUT2D eigenvalue weighted by molar-refractivity contribution is 1.17. The lowest BCUT2D eigenvalue weighted by atomic mass is 10.3. The standard InChI is InChI=1S/C11H8BrN3S/c12-11-2-1-10(16-11)7-15-8-3-4-14-9(5-8)6-13/h1-5H,7H2,(H,14,15). The van der Waals surface area contributed by atoms with Crippen molar-refractivity contribution < 1.29 is 0 Å². The van der Waals surface area contributed by atoms with Crippen molar-refractivity contribution in [1.29, 1.82) is 5.26 Å². The zero-order valence-electron chi connectivity index (χ0n) is 8.27. The molecule has 0 fully saturated rings. The second-order valence-corrected chi connectivity index (χ2v) is 5.65. The minimum Gasteiger partial charge on any atom is -0.380 e. The van der Waals surface area contributed by atoms with Gasteiger partial charge in [0, 0.05) is 23.3 Å². The van der Waals surface area contributed by atoms with Crippen LogP contribution in [0.3, 0.4) is 0 Å². The first-order chi connectivity index (χ1) is 7.78. The van der Waals surface area contributed by atoms with E-state index in [4.69, 9.17) is 5.26 Å². The van der Waals surface area contributed by atoms with Crippen LogP contribution in [0, 0.1) is 11.3 Å². The van der Waals surface area contributed by atoms with Crippen molar-refractivity contribution in [3.05, 3.63) is 44.8 Å². The number of anilines is 1. The van der Waals surface area contributed by atoms with Crippen LogP contribution in [0.5, 0.6) is 0 Å². The van der Waals surface area contributed by atoms with Crippen LogP contribution in [0.4, 0.5) is 5.69 Å². The van der Waals surface area contributed by atoms with Crippen molar-refractivity contribution in [3.63, 3.8) is 0 Å². The van der Waals surface area contributed by atoms with E-state index in [0.717, 1.165) is 16.0 Å². The van der Waals surface area contributed by atoms with E-state index in [2.05, 4.69) is 32.3 Å². The molecule has 0 aliphatic rings. The lowest BCUT2D eigenvalue weighted by Gasteiger charge is -2.03. The van der Waals surface area contributed by atoms with Crippen molar-refractivity contribution in [2.75, 3.05) is 5.32 Å². The third kappa shape index (κ3) is 2.81. The van der Waals surface area contributed by atoms with Crippen LogP contribution < -0.4 is 5.32 Å². The van der Waals surface area contributed by atoms with Gasteiger partial charge in [0.2, 0.25) is 0 Å². The summed E-state index contributed by atoms with van der Waals surface area (Å²) in [6.45, 7) is 0.755. The SMILES string of the molecule is N#Cc1cc(NCc2ccc(Br)s2)ccn1. The van der Waals surface area contributed by atoms with Crippen molar-refractivity contribution >= 4 is 33.0 Å². The minimum atomic E-state index is 0.428. The van der Waals surface area contributed by atoms with Crippen molar-refractivity contribution in [2.45, 2.75) is 6.54 Å². The molecule has 5 heteroatoms. The molecule has 0 aromatic carbocycles. The molecule has 0 saturated carbocycles. The Balaban J connectivity index is 2.02. The summed E-state index contributed by atoms with van der Waals surface area (Å²) in [5.41, 5.74) is 1.34. The summed E-state index contributed by atoms with van der Waals surface area (Å²) in [4.78, 5) is 5.15. The van der Waals surface area contributed by atoms with Gasteiger partial charge in [-0.3, -0.25) is 0 Å². The first-order valence-corrected chi connectivity index (χ1v) is 6.23. The number of hydrogen-bond donors (Lipinski definition) is 1. The van der Waals surface area contributed by atoms with Gasteiger partial charge in [-0.2, -0.15) is 5.26 Å². The van der Waals surface area contributed by atoms with Crippen LogP contribution >= 0.6 is 27.3 Å². The molecule has 0 saturated heterocycles. The molecule has 1 N–H and O–H groups in total. The highest BCUT2D eigenvalue weighted by Gasteiger charge is 1.99. The predicted molar refractivity (Wildman–Crippen MR) is 68.3 cm³/mol. The Bertz CT molecular complexity index is 530. The Morgan fingerprint density at radius 2 is 2.31 bits per heavy atom. The van der Waals surface area contributed by atoms with Gasteiger partial charge in [0.05, 0.1) is 3.79 Å². The normalized spacial score (nSPS) is 9.75. The number of hydrogen-bond acceptors (Lipinski definition) is 4. The molecule has 0 spiro atoms. The van der Waals surface area contributed by atoms with Gasteiger partial charge >= 0.3 is 0 Å². The van der Waals surface area contributed by atoms with Crippen LogP contribution in [0.1, 0.15) is 10.6 Å². The van der Waals surface area contributed by atoms with Gasteiger partial charge in [-0.1, -0.05) is 0 Å². The molecule has 0 aliphatic carbocycles. The van der Waals surface area contributed by atoms with Gasteiger partial charge in [0.25, 0.3) is 0 Å². The zero-order chi connectivity index (χ0) is 11.4. The van der Waals surface area contributed by atoms with Crippen LogP contribution in [0.15, 0.2) is 34.2 Å². The number of aromatic nitrogens is 1. The second kappa shape index (κ2) is 5.10. The van der Waals surface area contributed by atoms with Crippen LogP contribution in [0.25, 0.3) is 0 Å². The molecule has 0 atom stereocenters. The Morgan fingerprint density at radius 3 is 3.00 bits per heavy atom. The molecule has 0 unspecified atom stereocenters. The van der Waals surface area contributed by atoms with Crippen molar-refractivity contribution in [3.8, 4) is 6.07 Å². The number of pyridine rings is 1. The highest BCUT2D eigenvalue weighted by molar-refractivity contribution is 9.11. The molecule has 0 amide bonds. The third-order valence-corrected chi connectivity index (χ3v) is 3.59. The zero-order valence-corrected chi connectivity index (χ0v) is 10.7. The molecule has 0 bridgehead atoms. The van der Waals surface area contributed by atoms with E-state index in [1.807, 2.05) is 18.2 Å². The number of nitrogens with zero attached hydrogens (tertiary/aromatic N) is 2. The largest absolute Gasteiger partial charge is 0.380 e. The summed E-state index contributed by atoms with van der Waals surface area (Å²) < 4.78 is 1.12. The summed E-state index contributed by atoms with van der Waals surface area (Å²) in [6.07, 6.45) is 1.63. The molecule has 2 heterocycles. The first kappa shape index (κ1) is 11.1. The number of rotatable bonds is 3. The van der Waals surface area contributed by atoms with E-state index in [1.54, 1.807) is 23.6 Å². The lowest BCUT2D eigenvalue weighted by Crippen LogP contribution is -1.98. The summed E-state index contributed by atoms with van der Waals surface area (Å²) >= 11 is 5.11. The maximum absolute atomic E-state index is 8.71. The monoisotopic (exact) mass is 293 g/mol. The average Bonchev–Trinajstić information content (AvgIpc) is 2.73. The predicted octanol–water partition coefficient (Wildman–Crippen LogP) is 3.39. The number of thiophene rings is 1. The minimum absolute atomic E-state index is 0.428. The molecule has 0 aliphatic heterocycles. The van der Waals surface area contributed by atoms with E-state index >= 15 is 0 Å². The van der Waals surface area contributed by atoms with Gasteiger partial charge in [-0.25, -0.2) is 4.98 Å². The highest BCUT2D eigenvalue weighted by Crippen LogP contribution is 2.22. The van der Waals surface area contributed by atoms with E-state index < -0.39 is 0 Å². The Labute approximate surface area is 106 Å². The van der Waals surface area contributed by atoms with Gasteiger partial charge in [-0.15, -0.1) is 11.3 Å². The Morgan fingerprint density at radius 1 is 1.44 bits per heavy atom. The fourth-order valence-corrected chi connectivity index (χ4v) is 2.66. The summed E-state index contributed by atoms with van der Waals surface area (Å²) in [5, 5.41) is 12.0. The Hall–Kier alpha value is -1.38. The summed E-state index contributed by atoms with van der Waals surface area (Å²) in [5.74, 6) is 0. The van der Waals surface area contributed by atoms with Gasteiger partial charge in [0.1, 0.15) is 11.8 Å². The average molecular weight is 294 g/mol. The smallest absolute Gasteiger partial charge is 0.142 e. The van der Waals surface area contributed by atoms with Crippen molar-refractivity contribution in [2.24, 2.45) is 0 Å². The maximum atomic E-state index is 8.71. The third-order valence-electron chi connectivity index (χ3n) is 1.97. The fraction of sp³-hybridized carbons (Fsp3) is 0.0909. The van der Waals surface area contributed by atoms with Gasteiger partial charge < -0.3 is 5.32 Å². The van der Waals surface area contributed by atoms with Crippen LogP contribution in [0.2, 0.25) is 0 Å². The van der Waals surface area contributed by atoms with E-state index in [9.17, 15) is 0 Å². The second-order valence-electron chi connectivity index (χ2n) is 3.10. The number of halogens is 1. The molecular formula is C11H8BrN3S. The van der Waals surface area contributed by atoms with Crippen LogP contribution in [-0.2, 0) is 6.54 Å². The molecule has 2 rings (SSSR count). The van der Waals surface area contributed by atoms with E-state index in [1.165, 1.54) is 4.88 Å². The first-order valence-electron chi connectivity index (χ1n) is 4.62. The van der Waals surface area contributed by atoms with Crippen molar-refractivity contribution in [1.82, 2.24) is 4.98 Å². The highest BCUT2D eigenvalue weighted by atomic mass is 79.9. The number of nitrogens with one attached hydrogen (secondary N) is 1. The molecule has 2 aromatic heterocycles. The Kier molecular flexibility index (Phi) is 3.54. The topological polar surface area (TPSA) is 48.7 Å². The maximum Gasteiger partial charge on any atom is 0.142 e. The molecule has 0 radical (unpaired) electrons. The molecule has 80 valence electrons. The molecule has 3 nitrogen and oxygen atoms in total.